The van der Waals surface area contributed by atoms with Gasteiger partial charge in [0.25, 0.3) is 10.1 Å². The van der Waals surface area contributed by atoms with Crippen LogP contribution in [-0.4, -0.2) is 29.2 Å². The van der Waals surface area contributed by atoms with Crippen molar-refractivity contribution in [2.45, 2.75) is 6.92 Å². The van der Waals surface area contributed by atoms with E-state index in [2.05, 4.69) is 17.1 Å². The zero-order valence-corrected chi connectivity index (χ0v) is 13.1. The number of fused-ring (bicyclic) bond motifs is 1. The molecule has 0 aliphatic rings. The minimum atomic E-state index is -3.66. The first-order valence-corrected chi connectivity index (χ1v) is 6.39. The second-order valence-corrected chi connectivity index (χ2v) is 4.81. The molecule has 2 rings (SSSR count). The van der Waals surface area contributed by atoms with Gasteiger partial charge in [-0.15, -0.1) is 0 Å². The van der Waals surface area contributed by atoms with Crippen molar-refractivity contribution in [3.8, 4) is 0 Å². The molecule has 2 N–H and O–H groups in total. The maximum atomic E-state index is 9.56. The first kappa shape index (κ1) is 19.8. The topological polar surface area (TPSA) is 97.3 Å². The fraction of sp³-hybridized carbons (Fsp3) is 0.182. The second kappa shape index (κ2) is 9.43. The van der Waals surface area contributed by atoms with E-state index in [0.29, 0.717) is 0 Å². The van der Waals surface area contributed by atoms with Crippen LogP contribution in [0.2, 0.25) is 0 Å². The van der Waals surface area contributed by atoms with Gasteiger partial charge >= 0.3 is 29.6 Å². The summed E-state index contributed by atoms with van der Waals surface area (Å²) in [5.74, 6) is -0.201. The molecule has 7 heteroatoms. The van der Waals surface area contributed by atoms with Crippen LogP contribution in [0.15, 0.2) is 42.6 Å². The zero-order valence-electron chi connectivity index (χ0n) is 10.3. The van der Waals surface area contributed by atoms with Gasteiger partial charge in [0.1, 0.15) is 0 Å². The van der Waals surface area contributed by atoms with Gasteiger partial charge in [0.05, 0.1) is 11.3 Å². The number of hydrogen-bond donors (Lipinski definition) is 1. The molecule has 0 unspecified atom stereocenters. The van der Waals surface area contributed by atoms with Crippen molar-refractivity contribution in [3.63, 3.8) is 0 Å². The Morgan fingerprint density at radius 1 is 1.17 bits per heavy atom. The van der Waals surface area contributed by atoms with Crippen molar-refractivity contribution in [2.24, 2.45) is 0 Å². The number of nitrogens with zero attached hydrogens (tertiary/aromatic N) is 1. The third kappa shape index (κ3) is 7.75. The number of para-hydroxylation sites is 1. The molecule has 0 saturated carbocycles. The Kier molecular flexibility index (Phi) is 10.4. The molecule has 0 fully saturated rings. The molecule has 0 saturated heterocycles. The Morgan fingerprint density at radius 2 is 1.67 bits per heavy atom. The Bertz CT molecular complexity index is 494. The van der Waals surface area contributed by atoms with Gasteiger partial charge < -0.3 is 5.48 Å². The van der Waals surface area contributed by atoms with Crippen molar-refractivity contribution in [1.29, 1.82) is 0 Å². The van der Waals surface area contributed by atoms with Crippen LogP contribution in [0.4, 0.5) is 0 Å². The first-order chi connectivity index (χ1) is 7.53. The summed E-state index contributed by atoms with van der Waals surface area (Å²) in [5, 5.41) is 1.20. The fourth-order valence-corrected chi connectivity index (χ4v) is 1.02. The summed E-state index contributed by atoms with van der Waals surface area (Å²) >= 11 is 0. The molecule has 0 radical (unpaired) electrons. The average Bonchev–Trinajstić information content (AvgIpc) is 2.29. The van der Waals surface area contributed by atoms with E-state index in [1.165, 1.54) is 12.3 Å². The minimum absolute atomic E-state index is 0. The molecule has 2 aromatic rings. The van der Waals surface area contributed by atoms with E-state index >= 15 is 0 Å². The zero-order chi connectivity index (χ0) is 12.0. The molecule has 18 heavy (non-hydrogen) atoms. The number of rotatable bonds is 1. The third-order valence-electron chi connectivity index (χ3n) is 1.88. The number of hydrogen-bond acceptors (Lipinski definition) is 4. The molecule has 1 heterocycles. The fourth-order valence-electron chi connectivity index (χ4n) is 1.02. The van der Waals surface area contributed by atoms with Crippen LogP contribution in [0.5, 0.6) is 0 Å². The molecule has 94 valence electrons. The number of pyridine rings is 1. The Labute approximate surface area is 129 Å². The quantitative estimate of drug-likeness (QED) is 0.531. The molecule has 0 aliphatic heterocycles. The van der Waals surface area contributed by atoms with Crippen LogP contribution in [-0.2, 0) is 10.1 Å². The summed E-state index contributed by atoms with van der Waals surface area (Å²) in [6, 6.07) is 12.1. The molecule has 0 bridgehead atoms. The van der Waals surface area contributed by atoms with Gasteiger partial charge in [0, 0.05) is 11.6 Å². The molecule has 1 aromatic carbocycles. The van der Waals surface area contributed by atoms with E-state index in [1.807, 2.05) is 30.5 Å². The van der Waals surface area contributed by atoms with Crippen molar-refractivity contribution in [2.75, 3.05) is 5.75 Å². The van der Waals surface area contributed by atoms with Crippen LogP contribution in [0.1, 0.15) is 6.92 Å². The summed E-state index contributed by atoms with van der Waals surface area (Å²) in [7, 11) is -3.66. The summed E-state index contributed by atoms with van der Waals surface area (Å²) in [5.41, 5.74) is 1.06. The molecule has 0 amide bonds. The molecule has 0 spiro atoms. The van der Waals surface area contributed by atoms with E-state index in [4.69, 9.17) is 4.55 Å². The molecule has 0 aliphatic carbocycles. The standard InChI is InChI=1S/C9H7N.C2H6O3S.Na.H2O/c1-2-6-9-8(4-1)5-3-7-10-9;1-2-6(3,4)5;;/h1-7H;2H2,1H3,(H,3,4,5);;1H2/q;;+1;/p-1. The van der Waals surface area contributed by atoms with Gasteiger partial charge in [-0.05, 0) is 19.1 Å². The molecule has 0 atom stereocenters. The Hall–Kier alpha value is -0.500. The van der Waals surface area contributed by atoms with E-state index in [0.717, 1.165) is 5.52 Å². The van der Waals surface area contributed by atoms with Gasteiger partial charge in [0.2, 0.25) is 0 Å². The predicted octanol–water partition coefficient (Wildman–Crippen LogP) is -1.04. The summed E-state index contributed by atoms with van der Waals surface area (Å²) in [4.78, 5) is 4.18. The smallest absolute Gasteiger partial charge is 0.870 e. The molecule has 5 nitrogen and oxygen atoms in total. The van der Waals surface area contributed by atoms with E-state index in [-0.39, 0.29) is 40.8 Å². The third-order valence-corrected chi connectivity index (χ3v) is 2.61. The summed E-state index contributed by atoms with van der Waals surface area (Å²) in [6.07, 6.45) is 1.81. The van der Waals surface area contributed by atoms with Crippen molar-refractivity contribution >= 4 is 21.0 Å². The largest absolute Gasteiger partial charge is 1.00 e. The van der Waals surface area contributed by atoms with E-state index in [9.17, 15) is 8.42 Å². The van der Waals surface area contributed by atoms with Crippen LogP contribution >= 0.6 is 0 Å². The van der Waals surface area contributed by atoms with Gasteiger partial charge in [0.15, 0.2) is 0 Å². The number of aromatic nitrogens is 1. The molecule has 1 aromatic heterocycles. The van der Waals surface area contributed by atoms with Crippen LogP contribution in [0.25, 0.3) is 10.9 Å². The van der Waals surface area contributed by atoms with Crippen LogP contribution in [0.3, 0.4) is 0 Å². The van der Waals surface area contributed by atoms with Gasteiger partial charge in [-0.1, -0.05) is 24.3 Å². The van der Waals surface area contributed by atoms with Gasteiger partial charge in [-0.2, -0.15) is 8.42 Å². The van der Waals surface area contributed by atoms with E-state index in [1.54, 1.807) is 0 Å². The van der Waals surface area contributed by atoms with E-state index < -0.39 is 10.1 Å². The first-order valence-electron chi connectivity index (χ1n) is 4.78. The van der Waals surface area contributed by atoms with Crippen molar-refractivity contribution in [3.05, 3.63) is 42.6 Å². The summed E-state index contributed by atoms with van der Waals surface area (Å²) < 4.78 is 26.9. The Morgan fingerprint density at radius 3 is 2.17 bits per heavy atom. The minimum Gasteiger partial charge on any atom is -0.870 e. The molecular weight excluding hydrogens is 265 g/mol. The summed E-state index contributed by atoms with van der Waals surface area (Å²) in [6.45, 7) is 1.37. The second-order valence-electron chi connectivity index (χ2n) is 3.07. The van der Waals surface area contributed by atoms with Crippen molar-refractivity contribution < 1.29 is 48.0 Å². The molecular formula is C11H14NNaO4S. The number of benzene rings is 1. The SMILES string of the molecule is CCS(=O)(=O)O.[Na+].[OH-].c1ccc2ncccc2c1. The van der Waals surface area contributed by atoms with Crippen LogP contribution in [0, 0.1) is 0 Å². The predicted molar refractivity (Wildman–Crippen MR) is 65.8 cm³/mol. The van der Waals surface area contributed by atoms with Gasteiger partial charge in [-0.3, -0.25) is 9.54 Å². The normalized spacial score (nSPS) is 9.44. The monoisotopic (exact) mass is 279 g/mol. The maximum absolute atomic E-state index is 9.56. The van der Waals surface area contributed by atoms with Crippen LogP contribution < -0.4 is 29.6 Å². The average molecular weight is 279 g/mol. The Balaban J connectivity index is 0. The maximum Gasteiger partial charge on any atom is 1.00 e. The van der Waals surface area contributed by atoms with Crippen molar-refractivity contribution in [1.82, 2.24) is 4.98 Å². The van der Waals surface area contributed by atoms with Gasteiger partial charge in [-0.25, -0.2) is 0 Å².